The molecule has 2 aliphatic rings. The first-order valence-corrected chi connectivity index (χ1v) is 8.82. The Balaban J connectivity index is 1.93. The van der Waals surface area contributed by atoms with Crippen LogP contribution >= 0.6 is 0 Å². The Morgan fingerprint density at radius 1 is 1.25 bits per heavy atom. The molecule has 2 heterocycles. The maximum atomic E-state index is 12.7. The molecule has 7 nitrogen and oxygen atoms in total. The number of rotatable bonds is 6. The summed E-state index contributed by atoms with van der Waals surface area (Å²) in [6.45, 7) is 8.64. The van der Waals surface area contributed by atoms with Gasteiger partial charge in [-0.25, -0.2) is 0 Å². The number of nitrogens with one attached hydrogen (secondary N) is 1. The molecule has 2 amide bonds. The van der Waals surface area contributed by atoms with E-state index in [1.165, 1.54) is 0 Å². The molecule has 0 bridgehead atoms. The van der Waals surface area contributed by atoms with E-state index in [1.807, 2.05) is 25.8 Å². The molecule has 2 aliphatic heterocycles. The minimum Gasteiger partial charge on any atom is -0.462 e. The maximum Gasteiger partial charge on any atom is 0.306 e. The zero-order valence-electron chi connectivity index (χ0n) is 15.1. The number of hydrogen-bond donors (Lipinski definition) is 1. The Hall–Kier alpha value is -1.63. The van der Waals surface area contributed by atoms with Gasteiger partial charge >= 0.3 is 5.97 Å². The van der Waals surface area contributed by atoms with E-state index < -0.39 is 12.0 Å². The van der Waals surface area contributed by atoms with Gasteiger partial charge in [0.05, 0.1) is 17.9 Å². The van der Waals surface area contributed by atoms with Gasteiger partial charge in [0.25, 0.3) is 0 Å². The van der Waals surface area contributed by atoms with Gasteiger partial charge in [-0.3, -0.25) is 14.4 Å². The van der Waals surface area contributed by atoms with Crippen molar-refractivity contribution in [3.8, 4) is 0 Å². The van der Waals surface area contributed by atoms with Crippen LogP contribution < -0.4 is 5.32 Å². The fourth-order valence-corrected chi connectivity index (χ4v) is 3.37. The molecule has 2 fully saturated rings. The van der Waals surface area contributed by atoms with Crippen molar-refractivity contribution in [1.82, 2.24) is 15.1 Å². The number of amides is 2. The molecule has 136 valence electrons. The van der Waals surface area contributed by atoms with Gasteiger partial charge in [-0.05, 0) is 20.4 Å². The minimum atomic E-state index is -0.509. The molecule has 0 aromatic rings. The van der Waals surface area contributed by atoms with E-state index in [4.69, 9.17) is 4.74 Å². The number of likely N-dealkylation sites (N-methyl/N-ethyl adjacent to an activating group) is 1. The molecule has 0 aromatic heterocycles. The fraction of sp³-hybridized carbons (Fsp3) is 0.824. The molecule has 24 heavy (non-hydrogen) atoms. The Labute approximate surface area is 143 Å². The molecule has 0 saturated carbocycles. The number of esters is 1. The van der Waals surface area contributed by atoms with Crippen LogP contribution in [0, 0.1) is 11.8 Å². The van der Waals surface area contributed by atoms with Gasteiger partial charge in [0.15, 0.2) is 0 Å². The van der Waals surface area contributed by atoms with E-state index in [1.54, 1.807) is 6.92 Å². The quantitative estimate of drug-likeness (QED) is 0.554. The molecule has 0 aromatic carbocycles. The standard InChI is InChI=1S/C17H29N3O4/c1-5-6-13(21)24-12(3)14-15(18-16(14)22)11(2)17(23)20-9-7-19(4)8-10-20/h11-12,14-15H,5-10H2,1-4H3,(H,18,22)/t11?,12?,14-,15-/m1/s1. The molecular weight excluding hydrogens is 310 g/mol. The number of piperazine rings is 1. The number of β-lactam (4-membered cyclic amide) rings is 1. The average Bonchev–Trinajstić information content (AvgIpc) is 2.51. The van der Waals surface area contributed by atoms with E-state index in [2.05, 4.69) is 10.2 Å². The Bertz CT molecular complexity index is 488. The summed E-state index contributed by atoms with van der Waals surface area (Å²) < 4.78 is 5.35. The van der Waals surface area contributed by atoms with Crippen molar-refractivity contribution in [2.45, 2.75) is 45.8 Å². The minimum absolute atomic E-state index is 0.0604. The second-order valence-corrected chi connectivity index (χ2v) is 6.92. The first-order chi connectivity index (χ1) is 11.3. The largest absolute Gasteiger partial charge is 0.462 e. The topological polar surface area (TPSA) is 78.9 Å². The molecule has 0 aliphatic carbocycles. The van der Waals surface area contributed by atoms with E-state index >= 15 is 0 Å². The molecule has 2 unspecified atom stereocenters. The number of carbonyl (C=O) groups excluding carboxylic acids is 3. The normalized spacial score (nSPS) is 27.0. The smallest absolute Gasteiger partial charge is 0.306 e. The highest BCUT2D eigenvalue weighted by Gasteiger charge is 2.49. The summed E-state index contributed by atoms with van der Waals surface area (Å²) in [6.07, 6.45) is 0.550. The molecule has 2 saturated heterocycles. The second-order valence-electron chi connectivity index (χ2n) is 6.92. The van der Waals surface area contributed by atoms with Crippen molar-refractivity contribution in [3.05, 3.63) is 0 Å². The number of hydrogen-bond acceptors (Lipinski definition) is 5. The lowest BCUT2D eigenvalue weighted by molar-refractivity contribution is -0.161. The van der Waals surface area contributed by atoms with E-state index in [9.17, 15) is 14.4 Å². The van der Waals surface area contributed by atoms with Gasteiger partial charge in [-0.1, -0.05) is 13.8 Å². The van der Waals surface area contributed by atoms with Gasteiger partial charge < -0.3 is 19.9 Å². The summed E-state index contributed by atoms with van der Waals surface area (Å²) in [5.41, 5.74) is 0. The van der Waals surface area contributed by atoms with Gasteiger partial charge in [0, 0.05) is 32.6 Å². The van der Waals surface area contributed by atoms with Crippen molar-refractivity contribution >= 4 is 17.8 Å². The lowest BCUT2D eigenvalue weighted by Gasteiger charge is -2.44. The van der Waals surface area contributed by atoms with E-state index in [0.29, 0.717) is 25.9 Å². The third kappa shape index (κ3) is 4.06. The Morgan fingerprint density at radius 3 is 2.42 bits per heavy atom. The van der Waals surface area contributed by atoms with Gasteiger partial charge in [0.2, 0.25) is 11.8 Å². The van der Waals surface area contributed by atoms with Crippen molar-refractivity contribution in [1.29, 1.82) is 0 Å². The monoisotopic (exact) mass is 339 g/mol. The first kappa shape index (κ1) is 18.7. The van der Waals surface area contributed by atoms with Crippen LogP contribution in [0.4, 0.5) is 0 Å². The zero-order valence-corrected chi connectivity index (χ0v) is 15.1. The number of ether oxygens (including phenoxy) is 1. The third-order valence-corrected chi connectivity index (χ3v) is 5.02. The summed E-state index contributed by atoms with van der Waals surface area (Å²) in [7, 11) is 2.04. The Kier molecular flexibility index (Phi) is 6.21. The second kappa shape index (κ2) is 7.96. The van der Waals surface area contributed by atoms with Crippen molar-refractivity contribution in [2.24, 2.45) is 11.8 Å². The molecular formula is C17H29N3O4. The van der Waals surface area contributed by atoms with Crippen molar-refractivity contribution in [2.75, 3.05) is 33.2 Å². The van der Waals surface area contributed by atoms with Crippen LogP contribution in [0.3, 0.4) is 0 Å². The van der Waals surface area contributed by atoms with E-state index in [-0.39, 0.29) is 29.7 Å². The molecule has 2 rings (SSSR count). The predicted molar refractivity (Wildman–Crippen MR) is 89.1 cm³/mol. The van der Waals surface area contributed by atoms with E-state index in [0.717, 1.165) is 13.1 Å². The molecule has 0 spiro atoms. The summed E-state index contributed by atoms with van der Waals surface area (Å²) in [6, 6.07) is -0.269. The lowest BCUT2D eigenvalue weighted by atomic mass is 9.78. The summed E-state index contributed by atoms with van der Waals surface area (Å²) >= 11 is 0. The zero-order chi connectivity index (χ0) is 17.9. The van der Waals surface area contributed by atoms with Crippen molar-refractivity contribution in [3.63, 3.8) is 0 Å². The molecule has 0 radical (unpaired) electrons. The first-order valence-electron chi connectivity index (χ1n) is 8.82. The van der Waals surface area contributed by atoms with Crippen molar-refractivity contribution < 1.29 is 19.1 Å². The summed E-state index contributed by atoms with van der Waals surface area (Å²) in [4.78, 5) is 40.3. The van der Waals surface area contributed by atoms with Gasteiger partial charge in [0.1, 0.15) is 6.10 Å². The SMILES string of the molecule is CCCC(=O)OC(C)[C@H]1C(=O)N[C@@H]1C(C)C(=O)N1CCN(C)CC1. The van der Waals surface area contributed by atoms with Crippen LogP contribution in [0.1, 0.15) is 33.6 Å². The van der Waals surface area contributed by atoms with Gasteiger partial charge in [-0.2, -0.15) is 0 Å². The van der Waals surface area contributed by atoms with Gasteiger partial charge in [-0.15, -0.1) is 0 Å². The lowest BCUT2D eigenvalue weighted by Crippen LogP contribution is -2.67. The predicted octanol–water partition coefficient (Wildman–Crippen LogP) is 0.243. The highest BCUT2D eigenvalue weighted by molar-refractivity contribution is 5.90. The highest BCUT2D eigenvalue weighted by atomic mass is 16.5. The molecule has 7 heteroatoms. The van der Waals surface area contributed by atoms with Crippen LogP contribution in [0.15, 0.2) is 0 Å². The molecule has 1 N–H and O–H groups in total. The number of carbonyl (C=O) groups is 3. The average molecular weight is 339 g/mol. The number of nitrogens with zero attached hydrogens (tertiary/aromatic N) is 2. The van der Waals surface area contributed by atoms with Crippen LogP contribution in [0.25, 0.3) is 0 Å². The Morgan fingerprint density at radius 2 is 1.88 bits per heavy atom. The van der Waals surface area contributed by atoms with Crippen LogP contribution in [-0.2, 0) is 19.1 Å². The fourth-order valence-electron chi connectivity index (χ4n) is 3.37. The highest BCUT2D eigenvalue weighted by Crippen LogP contribution is 2.28. The summed E-state index contributed by atoms with van der Waals surface area (Å²) in [5, 5.41) is 2.82. The van der Waals surface area contributed by atoms with Crippen LogP contribution in [0.2, 0.25) is 0 Å². The molecule has 4 atom stereocenters. The summed E-state index contributed by atoms with van der Waals surface area (Å²) in [5.74, 6) is -1.14. The maximum absolute atomic E-state index is 12.7. The third-order valence-electron chi connectivity index (χ3n) is 5.02. The van der Waals surface area contributed by atoms with Crippen LogP contribution in [-0.4, -0.2) is 73.0 Å². The van der Waals surface area contributed by atoms with Crippen LogP contribution in [0.5, 0.6) is 0 Å².